The predicted octanol–water partition coefficient (Wildman–Crippen LogP) is 6.22. The van der Waals surface area contributed by atoms with Gasteiger partial charge in [-0.1, -0.05) is 62.4 Å². The Morgan fingerprint density at radius 1 is 0.690 bits per heavy atom. The summed E-state index contributed by atoms with van der Waals surface area (Å²) in [6.07, 6.45) is 2.44. The lowest BCUT2D eigenvalue weighted by Crippen LogP contribution is -2.25. The average Bonchev–Trinajstić information content (AvgIpc) is 2.73. The van der Waals surface area contributed by atoms with Crippen LogP contribution in [0.15, 0.2) is 72.8 Å². The first kappa shape index (κ1) is 19.5. The topological polar surface area (TPSA) is 29.0 Å². The molecule has 0 amide bonds. The lowest BCUT2D eigenvalue weighted by Gasteiger charge is -2.22. The molecule has 3 heteroatoms. The largest absolute Gasteiger partial charge is 0.292 e. The molecule has 2 heterocycles. The van der Waals surface area contributed by atoms with Crippen LogP contribution in [-0.4, -0.2) is 21.4 Å². The summed E-state index contributed by atoms with van der Waals surface area (Å²) in [6.45, 7) is 7.33. The summed E-state index contributed by atoms with van der Waals surface area (Å²) in [6, 6.07) is 25.3. The summed E-state index contributed by atoms with van der Waals surface area (Å²) in [5.74, 6) is 0.731. The highest BCUT2D eigenvalue weighted by atomic mass is 15.1. The van der Waals surface area contributed by atoms with Gasteiger partial charge in [0, 0.05) is 23.9 Å². The second kappa shape index (κ2) is 9.15. The Kier molecular flexibility index (Phi) is 6.16. The summed E-state index contributed by atoms with van der Waals surface area (Å²) < 4.78 is 0. The van der Waals surface area contributed by atoms with E-state index in [2.05, 4.69) is 91.5 Å². The third-order valence-corrected chi connectivity index (χ3v) is 5.34. The van der Waals surface area contributed by atoms with Gasteiger partial charge in [0.15, 0.2) is 0 Å². The van der Waals surface area contributed by atoms with E-state index in [9.17, 15) is 0 Å². The summed E-state index contributed by atoms with van der Waals surface area (Å²) >= 11 is 0. The number of nitrogens with zero attached hydrogens (tertiary/aromatic N) is 3. The van der Waals surface area contributed by atoms with E-state index in [-0.39, 0.29) is 0 Å². The van der Waals surface area contributed by atoms with E-state index < -0.39 is 0 Å². The van der Waals surface area contributed by atoms with E-state index in [0.717, 1.165) is 48.0 Å². The summed E-state index contributed by atoms with van der Waals surface area (Å²) in [5.41, 5.74) is 4.37. The van der Waals surface area contributed by atoms with Crippen LogP contribution in [0.5, 0.6) is 0 Å². The first-order valence-electron chi connectivity index (χ1n) is 10.6. The van der Waals surface area contributed by atoms with Crippen molar-refractivity contribution in [3.63, 3.8) is 0 Å². The Morgan fingerprint density at radius 3 is 1.72 bits per heavy atom. The van der Waals surface area contributed by atoms with Crippen molar-refractivity contribution in [3.05, 3.63) is 84.2 Å². The monoisotopic (exact) mass is 383 g/mol. The molecule has 0 bridgehead atoms. The molecular weight excluding hydrogens is 354 g/mol. The van der Waals surface area contributed by atoms with Gasteiger partial charge in [-0.3, -0.25) is 14.9 Å². The van der Waals surface area contributed by atoms with Gasteiger partial charge in [0.2, 0.25) is 0 Å². The lowest BCUT2D eigenvalue weighted by atomic mass is 10.1. The molecule has 3 nitrogen and oxygen atoms in total. The molecule has 0 radical (unpaired) electrons. The number of aromatic nitrogens is 2. The van der Waals surface area contributed by atoms with Crippen LogP contribution >= 0.6 is 0 Å². The fourth-order valence-electron chi connectivity index (χ4n) is 3.79. The molecule has 2 aromatic heterocycles. The van der Waals surface area contributed by atoms with Crippen LogP contribution in [0.4, 0.5) is 0 Å². The molecule has 0 aliphatic carbocycles. The molecular formula is C26H29N3. The standard InChI is InChI=1S/C26H29N3/c1-20(2)8-7-17-29(18-23-15-13-21-9-3-5-11-25(21)27-23)19-24-16-14-22-10-4-6-12-26(22)28-24/h3-6,9-16,20H,7-8,17-19H2,1-2H3. The summed E-state index contributed by atoms with van der Waals surface area (Å²) in [5, 5.41) is 2.39. The number of hydrogen-bond donors (Lipinski definition) is 0. The van der Waals surface area contributed by atoms with Gasteiger partial charge < -0.3 is 0 Å². The Bertz CT molecular complexity index is 1010. The van der Waals surface area contributed by atoms with Crippen molar-refractivity contribution in [2.75, 3.05) is 6.54 Å². The van der Waals surface area contributed by atoms with E-state index in [1.165, 1.54) is 23.6 Å². The van der Waals surface area contributed by atoms with E-state index in [1.54, 1.807) is 0 Å². The fraction of sp³-hybridized carbons (Fsp3) is 0.308. The zero-order valence-electron chi connectivity index (χ0n) is 17.4. The van der Waals surface area contributed by atoms with Gasteiger partial charge in [-0.25, -0.2) is 0 Å². The van der Waals surface area contributed by atoms with Crippen LogP contribution in [0.3, 0.4) is 0 Å². The molecule has 0 saturated heterocycles. The minimum Gasteiger partial charge on any atom is -0.292 e. The zero-order chi connectivity index (χ0) is 20.1. The fourth-order valence-corrected chi connectivity index (χ4v) is 3.79. The number of rotatable bonds is 8. The maximum atomic E-state index is 4.89. The molecule has 0 aliphatic heterocycles. The van der Waals surface area contributed by atoms with E-state index in [4.69, 9.17) is 9.97 Å². The normalized spacial score (nSPS) is 11.7. The van der Waals surface area contributed by atoms with Gasteiger partial charge in [0.25, 0.3) is 0 Å². The van der Waals surface area contributed by atoms with Gasteiger partial charge in [-0.15, -0.1) is 0 Å². The Labute approximate surface area is 173 Å². The van der Waals surface area contributed by atoms with E-state index in [1.807, 2.05) is 0 Å². The van der Waals surface area contributed by atoms with Crippen LogP contribution in [0.1, 0.15) is 38.1 Å². The van der Waals surface area contributed by atoms with Crippen LogP contribution in [0, 0.1) is 5.92 Å². The number of hydrogen-bond acceptors (Lipinski definition) is 3. The number of para-hydroxylation sites is 2. The molecule has 4 aromatic rings. The van der Waals surface area contributed by atoms with Gasteiger partial charge in [0.1, 0.15) is 0 Å². The van der Waals surface area contributed by atoms with Crippen molar-refractivity contribution in [1.82, 2.24) is 14.9 Å². The van der Waals surface area contributed by atoms with Crippen molar-refractivity contribution in [2.24, 2.45) is 5.92 Å². The van der Waals surface area contributed by atoms with Gasteiger partial charge in [0.05, 0.1) is 22.4 Å². The van der Waals surface area contributed by atoms with Crippen molar-refractivity contribution in [2.45, 2.75) is 39.8 Å². The lowest BCUT2D eigenvalue weighted by molar-refractivity contribution is 0.241. The predicted molar refractivity (Wildman–Crippen MR) is 122 cm³/mol. The highest BCUT2D eigenvalue weighted by molar-refractivity contribution is 5.79. The Morgan fingerprint density at radius 2 is 1.21 bits per heavy atom. The molecule has 0 atom stereocenters. The SMILES string of the molecule is CC(C)CCCN(Cc1ccc2ccccc2n1)Cc1ccc2ccccc2n1. The average molecular weight is 384 g/mol. The molecule has 0 unspecified atom stereocenters. The molecule has 0 saturated carbocycles. The maximum absolute atomic E-state index is 4.89. The molecule has 148 valence electrons. The quantitative estimate of drug-likeness (QED) is 0.361. The number of pyridine rings is 2. The molecule has 0 N–H and O–H groups in total. The molecule has 4 rings (SSSR count). The van der Waals surface area contributed by atoms with Crippen molar-refractivity contribution < 1.29 is 0 Å². The van der Waals surface area contributed by atoms with Crippen molar-refractivity contribution >= 4 is 21.8 Å². The Hall–Kier alpha value is -2.78. The second-order valence-electron chi connectivity index (χ2n) is 8.24. The number of benzene rings is 2. The van der Waals surface area contributed by atoms with Crippen LogP contribution in [0.2, 0.25) is 0 Å². The Balaban J connectivity index is 1.53. The zero-order valence-corrected chi connectivity index (χ0v) is 17.4. The smallest absolute Gasteiger partial charge is 0.0705 e. The van der Waals surface area contributed by atoms with E-state index in [0.29, 0.717) is 0 Å². The number of fused-ring (bicyclic) bond motifs is 2. The van der Waals surface area contributed by atoms with Crippen molar-refractivity contribution in [1.29, 1.82) is 0 Å². The third kappa shape index (κ3) is 5.18. The van der Waals surface area contributed by atoms with Gasteiger partial charge >= 0.3 is 0 Å². The molecule has 29 heavy (non-hydrogen) atoms. The van der Waals surface area contributed by atoms with E-state index >= 15 is 0 Å². The molecule has 0 aliphatic rings. The highest BCUT2D eigenvalue weighted by Gasteiger charge is 2.11. The molecule has 2 aromatic carbocycles. The minimum atomic E-state index is 0.731. The van der Waals surface area contributed by atoms with Gasteiger partial charge in [-0.2, -0.15) is 0 Å². The van der Waals surface area contributed by atoms with Crippen LogP contribution in [0.25, 0.3) is 21.8 Å². The second-order valence-corrected chi connectivity index (χ2v) is 8.24. The van der Waals surface area contributed by atoms with Crippen LogP contribution in [-0.2, 0) is 13.1 Å². The van der Waals surface area contributed by atoms with Gasteiger partial charge in [-0.05, 0) is 49.6 Å². The first-order chi connectivity index (χ1) is 14.2. The third-order valence-electron chi connectivity index (χ3n) is 5.34. The summed E-state index contributed by atoms with van der Waals surface area (Å²) in [4.78, 5) is 12.3. The van der Waals surface area contributed by atoms with Crippen LogP contribution < -0.4 is 0 Å². The summed E-state index contributed by atoms with van der Waals surface area (Å²) in [7, 11) is 0. The maximum Gasteiger partial charge on any atom is 0.0705 e. The van der Waals surface area contributed by atoms with Crippen molar-refractivity contribution in [3.8, 4) is 0 Å². The first-order valence-corrected chi connectivity index (χ1v) is 10.6. The molecule has 0 spiro atoms. The molecule has 0 fully saturated rings. The highest BCUT2D eigenvalue weighted by Crippen LogP contribution is 2.17. The minimum absolute atomic E-state index is 0.731.